The molecule has 0 spiro atoms. The van der Waals surface area contributed by atoms with E-state index in [-0.39, 0.29) is 17.7 Å². The van der Waals surface area contributed by atoms with Crippen LogP contribution in [0.5, 0.6) is 0 Å². The maximum Gasteiger partial charge on any atom is 0.234 e. The Bertz CT molecular complexity index is 434. The second kappa shape index (κ2) is 4.61. The molecule has 1 fully saturated rings. The Balaban J connectivity index is 2.23. The van der Waals surface area contributed by atoms with Gasteiger partial charge < -0.3 is 0 Å². The number of nitrogens with one attached hydrogen (secondary N) is 1. The van der Waals surface area contributed by atoms with Gasteiger partial charge in [0.15, 0.2) is 0 Å². The van der Waals surface area contributed by atoms with Crippen molar-refractivity contribution in [2.24, 2.45) is 0 Å². The topological polar surface area (TPSA) is 59.1 Å². The van der Waals surface area contributed by atoms with Gasteiger partial charge >= 0.3 is 0 Å². The number of hydrogen-bond donors (Lipinski definition) is 1. The second-order valence-electron chi connectivity index (χ2n) is 3.76. The first-order chi connectivity index (χ1) is 7.70. The summed E-state index contributed by atoms with van der Waals surface area (Å²) >= 11 is 5.70. The van der Waals surface area contributed by atoms with Crippen molar-refractivity contribution in [3.8, 4) is 0 Å². The highest BCUT2D eigenvalue weighted by Gasteiger charge is 2.28. The normalized spacial score (nSPS) is 20.7. The molecule has 1 unspecified atom stereocenters. The molecule has 16 heavy (non-hydrogen) atoms. The Morgan fingerprint density at radius 3 is 2.94 bits per heavy atom. The summed E-state index contributed by atoms with van der Waals surface area (Å²) in [6.45, 7) is 0. The molecule has 2 heterocycles. The van der Waals surface area contributed by atoms with Gasteiger partial charge in [0.2, 0.25) is 11.8 Å². The third kappa shape index (κ3) is 2.22. The maximum atomic E-state index is 11.6. The number of rotatable bonds is 2. The molecule has 4 nitrogen and oxygen atoms in total. The van der Waals surface area contributed by atoms with E-state index >= 15 is 0 Å². The van der Waals surface area contributed by atoms with E-state index in [9.17, 15) is 9.59 Å². The van der Waals surface area contributed by atoms with Gasteiger partial charge in [-0.05, 0) is 17.5 Å². The molecule has 5 heteroatoms. The quantitative estimate of drug-likeness (QED) is 0.625. The predicted octanol–water partition coefficient (Wildman–Crippen LogP) is 1.34. The first-order valence-electron chi connectivity index (χ1n) is 5.04. The smallest absolute Gasteiger partial charge is 0.234 e. The molecule has 0 aromatic carbocycles. The lowest BCUT2D eigenvalue weighted by Gasteiger charge is -2.20. The third-order valence-corrected chi connectivity index (χ3v) is 2.92. The van der Waals surface area contributed by atoms with Crippen molar-refractivity contribution in [2.75, 3.05) is 0 Å². The molecule has 84 valence electrons. The molecule has 0 radical (unpaired) electrons. The van der Waals surface area contributed by atoms with Crippen LogP contribution in [-0.4, -0.2) is 16.8 Å². The van der Waals surface area contributed by atoms with E-state index in [1.165, 1.54) is 0 Å². The van der Waals surface area contributed by atoms with Crippen molar-refractivity contribution in [2.45, 2.75) is 24.6 Å². The molecule has 1 aliphatic rings. The van der Waals surface area contributed by atoms with E-state index < -0.39 is 0 Å². The Morgan fingerprint density at radius 1 is 1.44 bits per heavy atom. The summed E-state index contributed by atoms with van der Waals surface area (Å²) in [6, 6.07) is 1.86. The minimum Gasteiger partial charge on any atom is -0.296 e. The molecule has 0 bridgehead atoms. The van der Waals surface area contributed by atoms with Crippen LogP contribution in [0.4, 0.5) is 0 Å². The van der Waals surface area contributed by atoms with Crippen LogP contribution in [0.25, 0.3) is 0 Å². The summed E-state index contributed by atoms with van der Waals surface area (Å²) in [7, 11) is 0. The minimum atomic E-state index is -0.284. The van der Waals surface area contributed by atoms with Crippen molar-refractivity contribution in [1.82, 2.24) is 10.3 Å². The number of aromatic nitrogens is 1. The Hall–Kier alpha value is -1.42. The van der Waals surface area contributed by atoms with E-state index in [0.717, 1.165) is 11.1 Å². The molecular formula is C11H11ClN2O2. The number of piperidine rings is 1. The number of imide groups is 1. The van der Waals surface area contributed by atoms with E-state index in [1.54, 1.807) is 12.4 Å². The number of amides is 2. The average molecular weight is 239 g/mol. The van der Waals surface area contributed by atoms with Crippen LogP contribution >= 0.6 is 11.6 Å². The number of nitrogens with zero attached hydrogens (tertiary/aromatic N) is 1. The van der Waals surface area contributed by atoms with Crippen molar-refractivity contribution in [1.29, 1.82) is 0 Å². The lowest BCUT2D eigenvalue weighted by Crippen LogP contribution is -2.39. The zero-order chi connectivity index (χ0) is 11.5. The van der Waals surface area contributed by atoms with Gasteiger partial charge in [0.1, 0.15) is 0 Å². The lowest BCUT2D eigenvalue weighted by atomic mass is 9.91. The van der Waals surface area contributed by atoms with E-state index in [1.807, 2.05) is 6.07 Å². The minimum absolute atomic E-state index is 0.206. The summed E-state index contributed by atoms with van der Waals surface area (Å²) in [5.41, 5.74) is 1.70. The monoisotopic (exact) mass is 238 g/mol. The zero-order valence-electron chi connectivity index (χ0n) is 8.57. The van der Waals surface area contributed by atoms with Crippen molar-refractivity contribution < 1.29 is 9.59 Å². The summed E-state index contributed by atoms with van der Waals surface area (Å²) in [6.07, 6.45) is 4.23. The van der Waals surface area contributed by atoms with Crippen LogP contribution in [-0.2, 0) is 15.5 Å². The van der Waals surface area contributed by atoms with Gasteiger partial charge in [0.25, 0.3) is 0 Å². The highest BCUT2D eigenvalue weighted by molar-refractivity contribution is 6.17. The fourth-order valence-electron chi connectivity index (χ4n) is 1.78. The fraction of sp³-hybridized carbons (Fsp3) is 0.364. The van der Waals surface area contributed by atoms with Gasteiger partial charge in [-0.15, -0.1) is 11.6 Å². The highest BCUT2D eigenvalue weighted by Crippen LogP contribution is 2.24. The van der Waals surface area contributed by atoms with Crippen LogP contribution in [0.2, 0.25) is 0 Å². The Kier molecular flexibility index (Phi) is 3.19. The number of alkyl halides is 1. The first-order valence-corrected chi connectivity index (χ1v) is 5.57. The van der Waals surface area contributed by atoms with E-state index in [0.29, 0.717) is 18.7 Å². The molecule has 2 rings (SSSR count). The lowest BCUT2D eigenvalue weighted by molar-refractivity contribution is -0.134. The van der Waals surface area contributed by atoms with Crippen LogP contribution < -0.4 is 5.32 Å². The largest absolute Gasteiger partial charge is 0.296 e. The molecule has 1 aromatic rings. The van der Waals surface area contributed by atoms with E-state index in [2.05, 4.69) is 10.3 Å². The van der Waals surface area contributed by atoms with Crippen molar-refractivity contribution >= 4 is 23.4 Å². The molecule has 1 aromatic heterocycles. The average Bonchev–Trinajstić information content (AvgIpc) is 2.29. The second-order valence-corrected chi connectivity index (χ2v) is 4.03. The summed E-state index contributed by atoms with van der Waals surface area (Å²) in [5.74, 6) is -0.366. The van der Waals surface area contributed by atoms with Crippen LogP contribution in [0, 0.1) is 0 Å². The van der Waals surface area contributed by atoms with Crippen molar-refractivity contribution in [3.05, 3.63) is 29.6 Å². The molecule has 1 atom stereocenters. The van der Waals surface area contributed by atoms with Gasteiger partial charge in [-0.1, -0.05) is 6.07 Å². The fourth-order valence-corrected chi connectivity index (χ4v) is 1.93. The van der Waals surface area contributed by atoms with Gasteiger partial charge in [-0.2, -0.15) is 0 Å². The molecule has 1 N–H and O–H groups in total. The molecule has 0 saturated carbocycles. The third-order valence-electron chi connectivity index (χ3n) is 2.61. The standard InChI is InChI=1S/C11H11ClN2O2/c12-4-7-3-8(6-13-5-7)9-1-2-10(15)14-11(9)16/h3,5-6,9H,1-2,4H2,(H,14,15,16). The van der Waals surface area contributed by atoms with Crippen LogP contribution in [0.15, 0.2) is 18.5 Å². The number of halogens is 1. The van der Waals surface area contributed by atoms with Gasteiger partial charge in [0, 0.05) is 24.7 Å². The predicted molar refractivity (Wildman–Crippen MR) is 58.9 cm³/mol. The first kappa shape index (κ1) is 11.1. The molecular weight excluding hydrogens is 228 g/mol. The Morgan fingerprint density at radius 2 is 2.25 bits per heavy atom. The van der Waals surface area contributed by atoms with Crippen molar-refractivity contribution in [3.63, 3.8) is 0 Å². The van der Waals surface area contributed by atoms with Crippen LogP contribution in [0.3, 0.4) is 0 Å². The Labute approximate surface area is 98.0 Å². The number of hydrogen-bond acceptors (Lipinski definition) is 3. The molecule has 2 amide bonds. The van der Waals surface area contributed by atoms with Gasteiger partial charge in [-0.3, -0.25) is 19.9 Å². The van der Waals surface area contributed by atoms with Gasteiger partial charge in [-0.25, -0.2) is 0 Å². The molecule has 1 saturated heterocycles. The molecule has 0 aliphatic carbocycles. The number of pyridine rings is 1. The molecule has 1 aliphatic heterocycles. The summed E-state index contributed by atoms with van der Waals surface area (Å²) in [5, 5.41) is 2.33. The summed E-state index contributed by atoms with van der Waals surface area (Å²) < 4.78 is 0. The number of carbonyl (C=O) groups excluding carboxylic acids is 2. The van der Waals surface area contributed by atoms with Crippen LogP contribution in [0.1, 0.15) is 29.9 Å². The van der Waals surface area contributed by atoms with Gasteiger partial charge in [0.05, 0.1) is 5.92 Å². The SMILES string of the molecule is O=C1CCC(c2cncc(CCl)c2)C(=O)N1. The summed E-state index contributed by atoms with van der Waals surface area (Å²) in [4.78, 5) is 26.7. The maximum absolute atomic E-state index is 11.6. The highest BCUT2D eigenvalue weighted by atomic mass is 35.5. The van der Waals surface area contributed by atoms with E-state index in [4.69, 9.17) is 11.6 Å². The zero-order valence-corrected chi connectivity index (χ0v) is 9.33. The number of carbonyl (C=O) groups is 2.